The van der Waals surface area contributed by atoms with Gasteiger partial charge in [-0.05, 0) is 63.1 Å². The summed E-state index contributed by atoms with van der Waals surface area (Å²) in [5, 5.41) is 14.1. The van der Waals surface area contributed by atoms with Crippen LogP contribution in [0.25, 0.3) is 0 Å². The van der Waals surface area contributed by atoms with Gasteiger partial charge in [0.25, 0.3) is 52.3 Å². The SMILES string of the molecule is CC(=CC=CC(C)=[N+](CCCS(=O)(=O)O)c1ccc(C(=O)O)cc1C)N(CCCS(=O)(=O)O)c1cc(C(=O)NCCS(=O)(=O)O)cc(C(=O)NCCS(=O)(=O)O)c1C. The number of hydrogen-bond donors (Lipinski definition) is 7. The van der Waals surface area contributed by atoms with Crippen molar-refractivity contribution in [3.63, 3.8) is 0 Å². The monoisotopic (exact) mass is 895 g/mol. The molecule has 0 fully saturated rings. The van der Waals surface area contributed by atoms with Crippen LogP contribution in [0.3, 0.4) is 0 Å². The highest BCUT2D eigenvalue weighted by Gasteiger charge is 2.23. The fraction of sp³-hybridized carbons (Fsp3) is 0.412. The molecule has 0 aliphatic heterocycles. The molecule has 58 heavy (non-hydrogen) atoms. The van der Waals surface area contributed by atoms with Gasteiger partial charge in [0.1, 0.15) is 6.54 Å². The number of aromatic carboxylic acids is 1. The van der Waals surface area contributed by atoms with E-state index in [4.69, 9.17) is 9.11 Å². The van der Waals surface area contributed by atoms with Crippen molar-refractivity contribution in [2.24, 2.45) is 0 Å². The Morgan fingerprint density at radius 2 is 1.26 bits per heavy atom. The maximum absolute atomic E-state index is 13.3. The molecule has 2 aromatic carbocycles. The Balaban J connectivity index is 2.76. The molecule has 0 saturated carbocycles. The van der Waals surface area contributed by atoms with E-state index in [1.165, 1.54) is 30.0 Å². The first-order valence-electron chi connectivity index (χ1n) is 17.2. The summed E-state index contributed by atoms with van der Waals surface area (Å²) in [4.78, 5) is 39.6. The summed E-state index contributed by atoms with van der Waals surface area (Å²) < 4.78 is 130. The summed E-state index contributed by atoms with van der Waals surface area (Å²) in [6.07, 6.45) is 4.58. The van der Waals surface area contributed by atoms with Crippen LogP contribution in [0.1, 0.15) is 68.9 Å². The third kappa shape index (κ3) is 17.5. The number of rotatable bonds is 22. The van der Waals surface area contributed by atoms with Crippen LogP contribution in [0.15, 0.2) is 54.3 Å². The van der Waals surface area contributed by atoms with Crippen molar-refractivity contribution < 1.29 is 75.9 Å². The van der Waals surface area contributed by atoms with Crippen LogP contribution in [0.5, 0.6) is 0 Å². The van der Waals surface area contributed by atoms with E-state index in [1.54, 1.807) is 49.6 Å². The predicted octanol–water partition coefficient (Wildman–Crippen LogP) is 1.86. The van der Waals surface area contributed by atoms with E-state index in [1.807, 2.05) is 0 Å². The fourth-order valence-corrected chi connectivity index (χ4v) is 7.22. The average Bonchev–Trinajstić information content (AvgIpc) is 3.06. The second kappa shape index (κ2) is 20.9. The summed E-state index contributed by atoms with van der Waals surface area (Å²) in [5.74, 6) is -5.82. The molecule has 7 N–H and O–H groups in total. The zero-order valence-electron chi connectivity index (χ0n) is 31.9. The molecule has 24 heteroatoms. The van der Waals surface area contributed by atoms with E-state index in [0.717, 1.165) is 6.07 Å². The molecule has 0 heterocycles. The molecule has 0 atom stereocenters. The van der Waals surface area contributed by atoms with Gasteiger partial charge in [-0.25, -0.2) is 4.79 Å². The molecule has 322 valence electrons. The zero-order valence-corrected chi connectivity index (χ0v) is 35.2. The quantitative estimate of drug-likeness (QED) is 0.0384. The molecule has 0 aliphatic carbocycles. The van der Waals surface area contributed by atoms with E-state index < -0.39 is 94.4 Å². The number of benzene rings is 2. The minimum absolute atomic E-state index is 0.00866. The fourth-order valence-electron chi connectivity index (χ4n) is 5.51. The lowest BCUT2D eigenvalue weighted by molar-refractivity contribution is -0.440. The van der Waals surface area contributed by atoms with Gasteiger partial charge in [-0.3, -0.25) is 27.8 Å². The van der Waals surface area contributed by atoms with E-state index in [9.17, 15) is 62.3 Å². The Kier molecular flexibility index (Phi) is 17.9. The van der Waals surface area contributed by atoms with Crippen LogP contribution in [0.4, 0.5) is 11.4 Å². The van der Waals surface area contributed by atoms with E-state index in [0.29, 0.717) is 22.7 Å². The van der Waals surface area contributed by atoms with Gasteiger partial charge < -0.3 is 20.6 Å². The minimum atomic E-state index is -4.47. The average molecular weight is 896 g/mol. The molecule has 0 aromatic heterocycles. The normalized spacial score (nSPS) is 13.3. The number of allylic oxidation sites excluding steroid dienone is 4. The van der Waals surface area contributed by atoms with Crippen LogP contribution in [0, 0.1) is 13.8 Å². The highest BCUT2D eigenvalue weighted by atomic mass is 32.2. The van der Waals surface area contributed by atoms with Gasteiger partial charge in [0, 0.05) is 73.2 Å². The van der Waals surface area contributed by atoms with Gasteiger partial charge >= 0.3 is 5.97 Å². The maximum Gasteiger partial charge on any atom is 0.335 e. The van der Waals surface area contributed by atoms with Crippen LogP contribution in [-0.2, 0) is 40.5 Å². The Morgan fingerprint density at radius 1 is 0.724 bits per heavy atom. The molecule has 2 aromatic rings. The third-order valence-corrected chi connectivity index (χ3v) is 11.3. The predicted molar refractivity (Wildman–Crippen MR) is 215 cm³/mol. The lowest BCUT2D eigenvalue weighted by Gasteiger charge is -2.29. The number of amides is 2. The Labute approximate surface area is 337 Å². The van der Waals surface area contributed by atoms with Crippen molar-refractivity contribution in [2.75, 3.05) is 54.1 Å². The maximum atomic E-state index is 13.3. The number of anilines is 1. The summed E-state index contributed by atoms with van der Waals surface area (Å²) in [6.45, 7) is 5.33. The highest BCUT2D eigenvalue weighted by molar-refractivity contribution is 7.86. The van der Waals surface area contributed by atoms with Crippen molar-refractivity contribution >= 4 is 75.3 Å². The molecule has 0 aliphatic rings. The topological polar surface area (TPSA) is 319 Å². The second-order valence-corrected chi connectivity index (χ2v) is 19.2. The molecule has 0 radical (unpaired) electrons. The third-order valence-electron chi connectivity index (χ3n) is 8.30. The molecule has 20 nitrogen and oxygen atoms in total. The summed E-state index contributed by atoms with van der Waals surface area (Å²) in [6, 6.07) is 6.82. The van der Waals surface area contributed by atoms with Gasteiger partial charge in [-0.1, -0.05) is 6.08 Å². The van der Waals surface area contributed by atoms with E-state index in [-0.39, 0.29) is 53.9 Å². The summed E-state index contributed by atoms with van der Waals surface area (Å²) >= 11 is 0. The first-order valence-corrected chi connectivity index (χ1v) is 23.6. The van der Waals surface area contributed by atoms with Gasteiger partial charge in [0.2, 0.25) is 5.69 Å². The summed E-state index contributed by atoms with van der Waals surface area (Å²) in [7, 11) is -17.7. The van der Waals surface area contributed by atoms with Gasteiger partial charge in [-0.2, -0.15) is 38.2 Å². The van der Waals surface area contributed by atoms with Crippen LogP contribution in [0.2, 0.25) is 0 Å². The number of nitrogens with one attached hydrogen (secondary N) is 2. The molecular weight excluding hydrogens is 849 g/mol. The van der Waals surface area contributed by atoms with Crippen molar-refractivity contribution in [1.82, 2.24) is 10.6 Å². The Hall–Kier alpha value is -4.56. The first-order chi connectivity index (χ1) is 26.6. The van der Waals surface area contributed by atoms with Gasteiger partial charge in [-0.15, -0.1) is 0 Å². The van der Waals surface area contributed by atoms with Crippen LogP contribution < -0.4 is 15.5 Å². The molecule has 0 unspecified atom stereocenters. The molecule has 0 bridgehead atoms. The number of aryl methyl sites for hydroxylation is 1. The number of carboxylic acid groups (broad SMARTS) is 1. The molecule has 2 rings (SSSR count). The molecular formula is C34H47N4O16S4+. The van der Waals surface area contributed by atoms with Crippen molar-refractivity contribution in [3.8, 4) is 0 Å². The Bertz CT molecular complexity index is 2430. The minimum Gasteiger partial charge on any atom is -0.478 e. The van der Waals surface area contributed by atoms with Crippen molar-refractivity contribution in [3.05, 3.63) is 82.1 Å². The molecule has 0 saturated heterocycles. The van der Waals surface area contributed by atoms with Gasteiger partial charge in [0.05, 0.1) is 28.6 Å². The zero-order chi connectivity index (χ0) is 44.2. The number of carboxylic acids is 1. The molecule has 0 spiro atoms. The van der Waals surface area contributed by atoms with E-state index >= 15 is 0 Å². The number of carbonyl (C=O) groups excluding carboxylic acids is 2. The second-order valence-electron chi connectivity index (χ2n) is 12.9. The van der Waals surface area contributed by atoms with Gasteiger partial charge in [0.15, 0.2) is 5.71 Å². The van der Waals surface area contributed by atoms with Crippen molar-refractivity contribution in [1.29, 1.82) is 0 Å². The Morgan fingerprint density at radius 3 is 1.78 bits per heavy atom. The van der Waals surface area contributed by atoms with E-state index in [2.05, 4.69) is 10.6 Å². The standard InChI is InChI=1S/C34H46N4O16S4/c1-23-20-27(34(41)42)10-11-30(23)37(14-6-16-55(43,44)45)24(2)8-5-9-25(3)38(15-7-17-56(46,47)48)31-22-28(32(39)35-12-18-57(49,50)51)21-29(26(31)4)33(40)36-13-19-58(52,53)54/h5,8-11,20-22H,6-7,12-19H2,1-4H3,(H6-,35,36,39,40,41,42,43,44,45,46,47,48,49,50,51,52,53,54)/p+1. The first kappa shape index (κ1) is 49.6. The van der Waals surface area contributed by atoms with Crippen LogP contribution in [-0.4, -0.2) is 134 Å². The summed E-state index contributed by atoms with van der Waals surface area (Å²) in [5.41, 5.74) is 2.02. The lowest BCUT2D eigenvalue weighted by Crippen LogP contribution is -2.32. The number of nitrogens with zero attached hydrogens (tertiary/aromatic N) is 2. The van der Waals surface area contributed by atoms with Crippen LogP contribution >= 0.6 is 0 Å². The number of carbonyl (C=O) groups is 3. The lowest BCUT2D eigenvalue weighted by atomic mass is 9.99. The molecule has 2 amide bonds. The largest absolute Gasteiger partial charge is 0.478 e. The van der Waals surface area contributed by atoms with Crippen molar-refractivity contribution in [2.45, 2.75) is 40.5 Å². The highest BCUT2D eigenvalue weighted by Crippen LogP contribution is 2.29. The number of hydrogen-bond acceptors (Lipinski definition) is 12. The smallest absolute Gasteiger partial charge is 0.335 e.